The number of hydrogen-bond acceptors (Lipinski definition) is 20. The molecule has 26 heteroatoms. The number of esters is 2. The minimum atomic E-state index is -5.09. The molecule has 0 aliphatic carbocycles. The first kappa shape index (κ1) is 113. The number of phosphoric ester groups is 2. The summed E-state index contributed by atoms with van der Waals surface area (Å²) < 4.78 is 77.8. The normalized spacial score (nSPS) is 14.0. The van der Waals surface area contributed by atoms with E-state index in [-0.39, 0.29) is 108 Å². The quantitative estimate of drug-likeness (QED) is 0.0133. The standard InChI is InChI=1S/C94H173N5O19P2/c1-7-13-19-25-29-33-35-39-41-47-53-59-89(100)98-83(78-110-72-67-86(57-51-45-23-17-11-5)117-91(102)61-55-49-43-37-31-27-21-15-9-3)80-115-119(106,107)113-75-70-96-93(104)88(77-82-63-65-85(66-64-82)112-74-69-95)94(105)97-71-76-114-120(108,109)116-81-84(99-90(101)60-54-48-42-40-36-34-30-26-20-14-8-2)79-111-73-68-87(58-52-46-24-18-12-6)118-92(103)62-56-50-44-38-32-28-22-16-10-4/h37-38,43-44,63-66,83-84,86-88H,7-36,39-42,45-62,67-81,95H2,1-6H3,(H,96,104)(H,97,105)(H,98,100)(H,99,101)(H,106,107)(H,108,109)/p-2/b43-37-,44-38-. The average Bonchev–Trinajstić information content (AvgIpc) is 0.873. The lowest BCUT2D eigenvalue weighted by molar-refractivity contribution is -0.227. The van der Waals surface area contributed by atoms with Crippen LogP contribution in [0.15, 0.2) is 48.6 Å². The Balaban J connectivity index is 3.20. The number of ether oxygens (including phenoxy) is 5. The van der Waals surface area contributed by atoms with Gasteiger partial charge in [-0.05, 0) is 114 Å². The smallest absolute Gasteiger partial charge is 0.306 e. The van der Waals surface area contributed by atoms with Gasteiger partial charge in [0, 0.05) is 58.2 Å². The molecule has 0 radical (unpaired) electrons. The molecular formula is C94H171N5O19P2-2. The summed E-state index contributed by atoms with van der Waals surface area (Å²) in [5.74, 6) is -3.60. The number of phosphoric acid groups is 2. The molecule has 0 aliphatic heterocycles. The Bertz CT molecular complexity index is 2630. The molecule has 0 fully saturated rings. The van der Waals surface area contributed by atoms with Gasteiger partial charge in [-0.3, -0.25) is 37.9 Å². The third kappa shape index (κ3) is 71.7. The first-order chi connectivity index (χ1) is 58.3. The molecule has 1 aromatic carbocycles. The van der Waals surface area contributed by atoms with Crippen LogP contribution >= 0.6 is 15.6 Å². The molecule has 1 aromatic rings. The molecule has 6 atom stereocenters. The van der Waals surface area contributed by atoms with Crippen LogP contribution in [-0.2, 0) is 81.4 Å². The molecule has 0 aromatic heterocycles. The van der Waals surface area contributed by atoms with E-state index in [1.807, 2.05) is 0 Å². The van der Waals surface area contributed by atoms with Crippen molar-refractivity contribution in [3.8, 4) is 5.75 Å². The largest absolute Gasteiger partial charge is 0.756 e. The Morgan fingerprint density at radius 3 is 1.05 bits per heavy atom. The maximum atomic E-state index is 14.0. The fraction of sp³-hybridized carbons (Fsp3) is 0.830. The third-order valence-corrected chi connectivity index (χ3v) is 23.2. The van der Waals surface area contributed by atoms with E-state index in [2.05, 4.69) is 87.1 Å². The van der Waals surface area contributed by atoms with E-state index in [0.29, 0.717) is 75.5 Å². The van der Waals surface area contributed by atoms with Crippen LogP contribution in [0.1, 0.15) is 394 Å². The zero-order valence-corrected chi connectivity index (χ0v) is 77.9. The van der Waals surface area contributed by atoms with Crippen LogP contribution in [0.3, 0.4) is 0 Å². The van der Waals surface area contributed by atoms with Gasteiger partial charge in [0.15, 0.2) is 0 Å². The number of nitrogens with two attached hydrogens (primary N) is 1. The predicted octanol–water partition coefficient (Wildman–Crippen LogP) is 20.5. The Hall–Kier alpha value is -4.58. The van der Waals surface area contributed by atoms with Gasteiger partial charge in [0.2, 0.25) is 23.6 Å². The molecule has 0 saturated heterocycles. The molecule has 698 valence electrons. The summed E-state index contributed by atoms with van der Waals surface area (Å²) in [6.45, 7) is 10.8. The molecule has 24 nitrogen and oxygen atoms in total. The second kappa shape index (κ2) is 81.5. The van der Waals surface area contributed by atoms with Gasteiger partial charge in [0.05, 0.1) is 64.9 Å². The zero-order chi connectivity index (χ0) is 87.7. The predicted molar refractivity (Wildman–Crippen MR) is 480 cm³/mol. The lowest BCUT2D eigenvalue weighted by Gasteiger charge is -2.27. The van der Waals surface area contributed by atoms with Crippen molar-refractivity contribution in [1.82, 2.24) is 21.3 Å². The molecule has 0 saturated carbocycles. The van der Waals surface area contributed by atoms with Gasteiger partial charge in [-0.25, -0.2) is 0 Å². The maximum Gasteiger partial charge on any atom is 0.306 e. The van der Waals surface area contributed by atoms with Crippen molar-refractivity contribution >= 4 is 51.2 Å². The highest BCUT2D eigenvalue weighted by Crippen LogP contribution is 2.39. The second-order valence-corrected chi connectivity index (χ2v) is 35.5. The molecule has 120 heavy (non-hydrogen) atoms. The van der Waals surface area contributed by atoms with Crippen molar-refractivity contribution in [3.05, 3.63) is 54.1 Å². The van der Waals surface area contributed by atoms with Crippen molar-refractivity contribution in [1.29, 1.82) is 0 Å². The van der Waals surface area contributed by atoms with E-state index in [4.69, 9.17) is 47.5 Å². The zero-order valence-electron chi connectivity index (χ0n) is 76.1. The van der Waals surface area contributed by atoms with Crippen molar-refractivity contribution in [2.24, 2.45) is 11.7 Å². The molecular weight excluding hydrogens is 1560 g/mol. The number of nitrogens with one attached hydrogen (secondary N) is 4. The van der Waals surface area contributed by atoms with Gasteiger partial charge in [-0.15, -0.1) is 0 Å². The summed E-state index contributed by atoms with van der Waals surface area (Å²) in [4.78, 5) is 108. The summed E-state index contributed by atoms with van der Waals surface area (Å²) in [6.07, 6.45) is 60.8. The van der Waals surface area contributed by atoms with E-state index in [0.717, 1.165) is 141 Å². The van der Waals surface area contributed by atoms with Gasteiger partial charge < -0.3 is 78.6 Å². The van der Waals surface area contributed by atoms with Crippen LogP contribution < -0.4 is 41.5 Å². The Morgan fingerprint density at radius 2 is 0.700 bits per heavy atom. The number of unbranched alkanes of at least 4 members (excludes halogenated alkanes) is 38. The topological polar surface area (TPSA) is 340 Å². The number of carbonyl (C=O) groups excluding carboxylic acids is 6. The van der Waals surface area contributed by atoms with E-state index < -0.39 is 71.9 Å². The van der Waals surface area contributed by atoms with Crippen molar-refractivity contribution in [2.45, 2.75) is 419 Å². The maximum absolute atomic E-state index is 14.0. The van der Waals surface area contributed by atoms with E-state index in [1.54, 1.807) is 24.3 Å². The molecule has 0 bridgehead atoms. The fourth-order valence-corrected chi connectivity index (χ4v) is 15.5. The van der Waals surface area contributed by atoms with E-state index >= 15 is 0 Å². The number of rotatable bonds is 89. The SMILES string of the molecule is CCCCCC/C=C\CCCC(=O)OC(CCCCCCC)CCOCC(COP(=O)([O-])OCCNC(=O)C(Cc1ccc(OCCN)cc1)C(=O)NCCOP(=O)([O-])OCC(COCCC(CCCCCCC)OC(=O)CCC/C=C\CCCCCC)NC(=O)CCCCCCCCCCCCC)NC(=O)CCCCCCCCCCCCC. The van der Waals surface area contributed by atoms with Crippen LogP contribution in [0, 0.1) is 5.92 Å². The van der Waals surface area contributed by atoms with Crippen LogP contribution in [0.25, 0.3) is 0 Å². The lowest BCUT2D eigenvalue weighted by Crippen LogP contribution is -2.44. The monoisotopic (exact) mass is 1740 g/mol. The molecule has 0 spiro atoms. The Labute approximate surface area is 727 Å². The van der Waals surface area contributed by atoms with Crippen molar-refractivity contribution in [3.63, 3.8) is 0 Å². The first-order valence-corrected chi connectivity index (χ1v) is 50.9. The summed E-state index contributed by atoms with van der Waals surface area (Å²) >= 11 is 0. The lowest BCUT2D eigenvalue weighted by atomic mass is 9.97. The Kier molecular flexibility index (Phi) is 77.0. The highest BCUT2D eigenvalue weighted by molar-refractivity contribution is 7.46. The second-order valence-electron chi connectivity index (χ2n) is 32.7. The van der Waals surface area contributed by atoms with Crippen LogP contribution in [0.2, 0.25) is 0 Å². The number of allylic oxidation sites excluding steroid dienone is 4. The summed E-state index contributed by atoms with van der Waals surface area (Å²) in [7, 11) is -10.2. The summed E-state index contributed by atoms with van der Waals surface area (Å²) in [5, 5.41) is 11.0. The summed E-state index contributed by atoms with van der Waals surface area (Å²) in [6, 6.07) is 4.86. The molecule has 6 N–H and O–H groups in total. The van der Waals surface area contributed by atoms with Crippen molar-refractivity contribution < 1.29 is 89.5 Å². The van der Waals surface area contributed by atoms with Gasteiger partial charge in [0.1, 0.15) is 30.5 Å². The Morgan fingerprint density at radius 1 is 0.375 bits per heavy atom. The minimum absolute atomic E-state index is 0.107. The highest BCUT2D eigenvalue weighted by Gasteiger charge is 2.28. The number of hydrogen-bond donors (Lipinski definition) is 5. The van der Waals surface area contributed by atoms with Gasteiger partial charge >= 0.3 is 11.9 Å². The third-order valence-electron chi connectivity index (χ3n) is 21.2. The van der Waals surface area contributed by atoms with Gasteiger partial charge in [-0.1, -0.05) is 296 Å². The fourth-order valence-electron chi connectivity index (χ4n) is 14.0. The van der Waals surface area contributed by atoms with Crippen molar-refractivity contribution in [2.75, 3.05) is 79.1 Å². The van der Waals surface area contributed by atoms with E-state index in [9.17, 15) is 47.7 Å². The van der Waals surface area contributed by atoms with Crippen LogP contribution in [0.5, 0.6) is 5.75 Å². The molecule has 4 amide bonds. The molecule has 0 heterocycles. The molecule has 6 unspecified atom stereocenters. The number of amides is 4. The van der Waals surface area contributed by atoms with E-state index in [1.165, 1.54) is 128 Å². The minimum Gasteiger partial charge on any atom is -0.756 e. The average molecular weight is 1740 g/mol. The summed E-state index contributed by atoms with van der Waals surface area (Å²) in [5.41, 5.74) is 6.20. The molecule has 0 aliphatic rings. The van der Waals surface area contributed by atoms with Crippen LogP contribution in [0.4, 0.5) is 0 Å². The number of benzene rings is 1. The first-order valence-electron chi connectivity index (χ1n) is 47.9. The van der Waals surface area contributed by atoms with Gasteiger partial charge in [0.25, 0.3) is 15.6 Å². The number of carbonyl (C=O) groups is 6. The van der Waals surface area contributed by atoms with Gasteiger partial charge in [-0.2, -0.15) is 0 Å². The highest BCUT2D eigenvalue weighted by atomic mass is 31.2. The molecule has 1 rings (SSSR count). The van der Waals surface area contributed by atoms with Crippen LogP contribution in [-0.4, -0.2) is 139 Å².